The molecule has 0 unspecified atom stereocenters. The van der Waals surface area contributed by atoms with Crippen molar-refractivity contribution in [2.75, 3.05) is 33.9 Å². The SMILES string of the molecule is COc1ccc(OC)c([C@H]2CCCN2C(=O)C2CCN(S(=O)(=O)c3ccccc3)CC2)c1. The van der Waals surface area contributed by atoms with Crippen LogP contribution in [0.5, 0.6) is 11.5 Å². The maximum atomic E-state index is 13.5. The standard InChI is InChI=1S/C24H30N2O5S/c1-30-19-10-11-23(31-2)21(17-19)22-9-6-14-26(22)24(27)18-12-15-25(16-13-18)32(28,29)20-7-4-3-5-8-20/h3-5,7-8,10-11,17-18,22H,6,9,12-16H2,1-2H3/t22-/m1/s1. The van der Waals surface area contributed by atoms with Crippen molar-refractivity contribution in [2.24, 2.45) is 5.92 Å². The largest absolute Gasteiger partial charge is 0.497 e. The maximum absolute atomic E-state index is 13.5. The topological polar surface area (TPSA) is 76.2 Å². The summed E-state index contributed by atoms with van der Waals surface area (Å²) in [7, 11) is -0.263. The number of likely N-dealkylation sites (tertiary alicyclic amines) is 1. The molecule has 0 saturated carbocycles. The number of carbonyl (C=O) groups excluding carboxylic acids is 1. The van der Waals surface area contributed by atoms with Crippen molar-refractivity contribution < 1.29 is 22.7 Å². The van der Waals surface area contributed by atoms with E-state index in [1.807, 2.05) is 23.1 Å². The third-order valence-corrected chi connectivity index (χ3v) is 8.43. The lowest BCUT2D eigenvalue weighted by Gasteiger charge is -2.34. The minimum Gasteiger partial charge on any atom is -0.497 e. The predicted molar refractivity (Wildman–Crippen MR) is 121 cm³/mol. The Morgan fingerprint density at radius 2 is 1.66 bits per heavy atom. The van der Waals surface area contributed by atoms with Crippen molar-refractivity contribution in [3.8, 4) is 11.5 Å². The number of hydrogen-bond donors (Lipinski definition) is 0. The first kappa shape index (κ1) is 22.6. The van der Waals surface area contributed by atoms with E-state index in [2.05, 4.69) is 0 Å². The molecular formula is C24H30N2O5S. The summed E-state index contributed by atoms with van der Waals surface area (Å²) in [6, 6.07) is 14.1. The molecule has 0 aromatic heterocycles. The lowest BCUT2D eigenvalue weighted by atomic mass is 9.95. The molecule has 2 aromatic rings. The number of methoxy groups -OCH3 is 2. The van der Waals surface area contributed by atoms with Crippen LogP contribution >= 0.6 is 0 Å². The third-order valence-electron chi connectivity index (χ3n) is 6.52. The van der Waals surface area contributed by atoms with Gasteiger partial charge in [-0.25, -0.2) is 8.42 Å². The quantitative estimate of drug-likeness (QED) is 0.663. The molecule has 2 aliphatic heterocycles. The van der Waals surface area contributed by atoms with Crippen LogP contribution < -0.4 is 9.47 Å². The fourth-order valence-electron chi connectivity index (χ4n) is 4.77. The zero-order chi connectivity index (χ0) is 22.7. The van der Waals surface area contributed by atoms with Gasteiger partial charge in [-0.15, -0.1) is 0 Å². The molecule has 2 heterocycles. The van der Waals surface area contributed by atoms with Crippen molar-refractivity contribution in [1.82, 2.24) is 9.21 Å². The van der Waals surface area contributed by atoms with E-state index < -0.39 is 10.0 Å². The number of piperidine rings is 1. The molecule has 32 heavy (non-hydrogen) atoms. The minimum absolute atomic E-state index is 0.0568. The summed E-state index contributed by atoms with van der Waals surface area (Å²) in [6.07, 6.45) is 2.86. The Morgan fingerprint density at radius 1 is 0.938 bits per heavy atom. The normalized spacial score (nSPS) is 20.3. The number of ether oxygens (including phenoxy) is 2. The van der Waals surface area contributed by atoms with E-state index in [-0.39, 0.29) is 17.9 Å². The van der Waals surface area contributed by atoms with E-state index in [1.54, 1.807) is 44.6 Å². The summed E-state index contributed by atoms with van der Waals surface area (Å²) in [4.78, 5) is 15.7. The predicted octanol–water partition coefficient (Wildman–Crippen LogP) is 3.47. The lowest BCUT2D eigenvalue weighted by Crippen LogP contribution is -2.44. The van der Waals surface area contributed by atoms with Gasteiger partial charge in [-0.05, 0) is 56.0 Å². The Bertz CT molecular complexity index is 1050. The van der Waals surface area contributed by atoms with Crippen molar-refractivity contribution in [2.45, 2.75) is 36.6 Å². The number of amides is 1. The van der Waals surface area contributed by atoms with Gasteiger partial charge in [0.2, 0.25) is 15.9 Å². The van der Waals surface area contributed by atoms with Gasteiger partial charge in [0.25, 0.3) is 0 Å². The Hall–Kier alpha value is -2.58. The van der Waals surface area contributed by atoms with Crippen LogP contribution in [0.15, 0.2) is 53.4 Å². The molecule has 0 spiro atoms. The van der Waals surface area contributed by atoms with E-state index in [4.69, 9.17) is 9.47 Å². The highest BCUT2D eigenvalue weighted by Gasteiger charge is 2.38. The molecule has 0 radical (unpaired) electrons. The van der Waals surface area contributed by atoms with Gasteiger partial charge < -0.3 is 14.4 Å². The number of carbonyl (C=O) groups is 1. The molecule has 2 aliphatic rings. The summed E-state index contributed by atoms with van der Waals surface area (Å²) >= 11 is 0. The van der Waals surface area contributed by atoms with Crippen LogP contribution in [0.3, 0.4) is 0 Å². The van der Waals surface area contributed by atoms with Crippen LogP contribution in [-0.2, 0) is 14.8 Å². The molecule has 2 fully saturated rings. The molecule has 8 heteroatoms. The highest BCUT2D eigenvalue weighted by Crippen LogP contribution is 2.40. The molecule has 0 aliphatic carbocycles. The average Bonchev–Trinajstić information content (AvgIpc) is 3.33. The number of rotatable bonds is 6. The molecule has 1 atom stereocenters. The zero-order valence-electron chi connectivity index (χ0n) is 18.6. The number of benzene rings is 2. The van der Waals surface area contributed by atoms with Gasteiger partial charge in [0.1, 0.15) is 11.5 Å². The molecule has 2 aromatic carbocycles. The molecule has 1 amide bonds. The summed E-state index contributed by atoms with van der Waals surface area (Å²) in [5.74, 6) is 1.42. The molecule has 0 bridgehead atoms. The minimum atomic E-state index is -3.52. The van der Waals surface area contributed by atoms with Gasteiger partial charge in [-0.2, -0.15) is 4.31 Å². The van der Waals surface area contributed by atoms with E-state index in [9.17, 15) is 13.2 Å². The summed E-state index contributed by atoms with van der Waals surface area (Å²) < 4.78 is 38.2. The van der Waals surface area contributed by atoms with Gasteiger partial charge >= 0.3 is 0 Å². The molecule has 2 saturated heterocycles. The van der Waals surface area contributed by atoms with Crippen molar-refractivity contribution >= 4 is 15.9 Å². The second-order valence-electron chi connectivity index (χ2n) is 8.29. The summed E-state index contributed by atoms with van der Waals surface area (Å²) in [6.45, 7) is 1.41. The number of sulfonamides is 1. The Morgan fingerprint density at radius 3 is 2.31 bits per heavy atom. The van der Waals surface area contributed by atoms with E-state index in [1.165, 1.54) is 4.31 Å². The molecular weight excluding hydrogens is 428 g/mol. The van der Waals surface area contributed by atoms with Crippen LogP contribution in [0.2, 0.25) is 0 Å². The fraction of sp³-hybridized carbons (Fsp3) is 0.458. The average molecular weight is 459 g/mol. The first-order chi connectivity index (χ1) is 15.5. The van der Waals surface area contributed by atoms with Crippen LogP contribution in [-0.4, -0.2) is 57.4 Å². The maximum Gasteiger partial charge on any atom is 0.243 e. The molecule has 0 N–H and O–H groups in total. The highest BCUT2D eigenvalue weighted by molar-refractivity contribution is 7.89. The second kappa shape index (κ2) is 9.50. The van der Waals surface area contributed by atoms with Crippen LogP contribution in [0.1, 0.15) is 37.3 Å². The van der Waals surface area contributed by atoms with Crippen LogP contribution in [0.4, 0.5) is 0 Å². The summed E-state index contributed by atoms with van der Waals surface area (Å²) in [5, 5.41) is 0. The van der Waals surface area contributed by atoms with Crippen molar-refractivity contribution in [3.05, 3.63) is 54.1 Å². The number of nitrogens with zero attached hydrogens (tertiary/aromatic N) is 2. The van der Waals surface area contributed by atoms with E-state index in [0.717, 1.165) is 29.9 Å². The molecule has 4 rings (SSSR count). The molecule has 7 nitrogen and oxygen atoms in total. The Labute approximate surface area is 190 Å². The third kappa shape index (κ3) is 4.34. The monoisotopic (exact) mass is 458 g/mol. The van der Waals surface area contributed by atoms with Crippen molar-refractivity contribution in [1.29, 1.82) is 0 Å². The van der Waals surface area contributed by atoms with E-state index in [0.29, 0.717) is 37.4 Å². The van der Waals surface area contributed by atoms with Crippen molar-refractivity contribution in [3.63, 3.8) is 0 Å². The Balaban J connectivity index is 1.46. The van der Waals surface area contributed by atoms with E-state index >= 15 is 0 Å². The smallest absolute Gasteiger partial charge is 0.243 e. The van der Waals surface area contributed by atoms with Gasteiger partial charge in [0, 0.05) is 31.1 Å². The summed E-state index contributed by atoms with van der Waals surface area (Å²) in [5.41, 5.74) is 0.960. The highest BCUT2D eigenvalue weighted by atomic mass is 32.2. The number of hydrogen-bond acceptors (Lipinski definition) is 5. The first-order valence-corrected chi connectivity index (χ1v) is 12.5. The van der Waals surface area contributed by atoms with Gasteiger partial charge in [-0.3, -0.25) is 4.79 Å². The van der Waals surface area contributed by atoms with Gasteiger partial charge in [-0.1, -0.05) is 18.2 Å². The lowest BCUT2D eigenvalue weighted by molar-refractivity contribution is -0.137. The van der Waals surface area contributed by atoms with Gasteiger partial charge in [0.05, 0.1) is 25.2 Å². The molecule has 172 valence electrons. The van der Waals surface area contributed by atoms with Gasteiger partial charge in [0.15, 0.2) is 0 Å². The Kier molecular flexibility index (Phi) is 6.71. The second-order valence-corrected chi connectivity index (χ2v) is 10.2. The fourth-order valence-corrected chi connectivity index (χ4v) is 6.26. The van der Waals surface area contributed by atoms with Crippen LogP contribution in [0.25, 0.3) is 0 Å². The van der Waals surface area contributed by atoms with Crippen LogP contribution in [0, 0.1) is 5.92 Å². The first-order valence-electron chi connectivity index (χ1n) is 11.0. The zero-order valence-corrected chi connectivity index (χ0v) is 19.4.